The predicted molar refractivity (Wildman–Crippen MR) is 143 cm³/mol. The number of esters is 5. The van der Waals surface area contributed by atoms with Gasteiger partial charge in [-0.25, -0.2) is 0 Å². The van der Waals surface area contributed by atoms with E-state index < -0.39 is 114 Å². The SMILES string of the molecule is CC(=O)OC[C@H]1O[C@@H](O[C@H]2[C@H](OC(C)=O)[C@@H](OC(C)=O)[C@H](O)O[C@@H]2CO)[C@H](OC(=N)C(Cl)(Cl)Cl)[C@@H](OC(C)=O)[C@H]1OC(C)=O. The van der Waals surface area contributed by atoms with Crippen molar-refractivity contribution in [3.63, 3.8) is 0 Å². The van der Waals surface area contributed by atoms with Crippen LogP contribution >= 0.6 is 34.8 Å². The van der Waals surface area contributed by atoms with Crippen molar-refractivity contribution in [3.05, 3.63) is 0 Å². The summed E-state index contributed by atoms with van der Waals surface area (Å²) in [6.45, 7) is 3.61. The molecule has 2 heterocycles. The van der Waals surface area contributed by atoms with E-state index in [1.165, 1.54) is 0 Å². The molecular formula is C24H32Cl3NO16. The van der Waals surface area contributed by atoms with Crippen molar-refractivity contribution < 1.29 is 76.8 Å². The van der Waals surface area contributed by atoms with Gasteiger partial charge >= 0.3 is 29.8 Å². The van der Waals surface area contributed by atoms with Crippen LogP contribution in [0.5, 0.6) is 0 Å². The minimum atomic E-state index is -2.48. The predicted octanol–water partition coefficient (Wildman–Crippen LogP) is -0.171. The van der Waals surface area contributed by atoms with E-state index in [-0.39, 0.29) is 0 Å². The molecule has 0 unspecified atom stereocenters. The molecule has 2 fully saturated rings. The quantitative estimate of drug-likeness (QED) is 0.0884. The van der Waals surface area contributed by atoms with Crippen molar-refractivity contribution in [1.82, 2.24) is 0 Å². The average Bonchev–Trinajstić information content (AvgIpc) is 2.87. The van der Waals surface area contributed by atoms with Gasteiger partial charge in [0.1, 0.15) is 24.9 Å². The highest BCUT2D eigenvalue weighted by Crippen LogP contribution is 2.36. The van der Waals surface area contributed by atoms with Crippen molar-refractivity contribution in [2.24, 2.45) is 0 Å². The topological polar surface area (TPSA) is 233 Å². The van der Waals surface area contributed by atoms with Crippen LogP contribution < -0.4 is 0 Å². The number of halogens is 3. The van der Waals surface area contributed by atoms with Crippen LogP contribution in [0.1, 0.15) is 34.6 Å². The van der Waals surface area contributed by atoms with Gasteiger partial charge in [-0.3, -0.25) is 29.4 Å². The first kappa shape index (κ1) is 37.7. The largest absolute Gasteiger partial charge is 0.465 e. The maximum Gasteiger partial charge on any atom is 0.303 e. The molecule has 20 heteroatoms. The number of carbonyl (C=O) groups excluding carboxylic acids is 5. The Kier molecular flexibility index (Phi) is 13.8. The normalized spacial score (nSPS) is 32.0. The lowest BCUT2D eigenvalue weighted by Crippen LogP contribution is -2.67. The third kappa shape index (κ3) is 10.5. The van der Waals surface area contributed by atoms with Crippen molar-refractivity contribution in [2.45, 2.75) is 99.8 Å². The smallest absolute Gasteiger partial charge is 0.303 e. The van der Waals surface area contributed by atoms with Crippen LogP contribution in [0.15, 0.2) is 0 Å². The van der Waals surface area contributed by atoms with E-state index in [0.29, 0.717) is 0 Å². The van der Waals surface area contributed by atoms with Crippen molar-refractivity contribution in [2.75, 3.05) is 13.2 Å². The van der Waals surface area contributed by atoms with E-state index >= 15 is 0 Å². The summed E-state index contributed by atoms with van der Waals surface area (Å²) in [5.41, 5.74) is 0. The summed E-state index contributed by atoms with van der Waals surface area (Å²) < 4.78 is 46.4. The number of carbonyl (C=O) groups is 5. The lowest BCUT2D eigenvalue weighted by Gasteiger charge is -2.48. The van der Waals surface area contributed by atoms with Gasteiger partial charge in [0.15, 0.2) is 43.1 Å². The number of ether oxygens (including phenoxy) is 9. The maximum absolute atomic E-state index is 12.2. The minimum absolute atomic E-state index is 0.605. The Labute approximate surface area is 265 Å². The molecule has 250 valence electrons. The Hall–Kier alpha value is -2.51. The average molecular weight is 697 g/mol. The molecule has 10 atom stereocenters. The Bertz CT molecular complexity index is 1090. The number of hydrogen-bond donors (Lipinski definition) is 3. The molecule has 2 aliphatic rings. The van der Waals surface area contributed by atoms with Crippen LogP contribution in [0, 0.1) is 5.41 Å². The highest BCUT2D eigenvalue weighted by Gasteiger charge is 2.57. The summed E-state index contributed by atoms with van der Waals surface area (Å²) in [7, 11) is 0. The van der Waals surface area contributed by atoms with Gasteiger partial charge < -0.3 is 52.8 Å². The van der Waals surface area contributed by atoms with Crippen molar-refractivity contribution >= 4 is 70.5 Å². The Morgan fingerprint density at radius 3 is 1.61 bits per heavy atom. The summed E-state index contributed by atoms with van der Waals surface area (Å²) in [5.74, 6) is -5.50. The number of hydrogen-bond acceptors (Lipinski definition) is 17. The molecule has 0 aromatic heterocycles. The molecule has 17 nitrogen and oxygen atoms in total. The highest BCUT2D eigenvalue weighted by molar-refractivity contribution is 6.76. The zero-order chi connectivity index (χ0) is 33.5. The summed E-state index contributed by atoms with van der Waals surface area (Å²) in [5, 5.41) is 28.6. The van der Waals surface area contributed by atoms with Crippen LogP contribution in [0.2, 0.25) is 0 Å². The lowest BCUT2D eigenvalue weighted by molar-refractivity contribution is -0.355. The zero-order valence-electron chi connectivity index (χ0n) is 23.9. The summed E-state index contributed by atoms with van der Waals surface area (Å²) in [4.78, 5) is 59.7. The Balaban J connectivity index is 2.69. The Morgan fingerprint density at radius 2 is 1.16 bits per heavy atom. The van der Waals surface area contributed by atoms with Gasteiger partial charge in [0.25, 0.3) is 3.79 Å². The van der Waals surface area contributed by atoms with Gasteiger partial charge in [-0.1, -0.05) is 34.8 Å². The first-order chi connectivity index (χ1) is 20.3. The van der Waals surface area contributed by atoms with E-state index in [2.05, 4.69) is 0 Å². The molecule has 0 radical (unpaired) electrons. The monoisotopic (exact) mass is 695 g/mol. The third-order valence-corrected chi connectivity index (χ3v) is 6.36. The van der Waals surface area contributed by atoms with E-state index in [4.69, 9.17) is 82.8 Å². The molecule has 2 rings (SSSR count). The number of alkyl halides is 3. The van der Waals surface area contributed by atoms with Crippen LogP contribution in [-0.2, 0) is 66.6 Å². The fourth-order valence-electron chi connectivity index (χ4n) is 4.31. The fraction of sp³-hybridized carbons (Fsp3) is 0.750. The summed E-state index contributed by atoms with van der Waals surface area (Å²) >= 11 is 17.4. The van der Waals surface area contributed by atoms with Gasteiger partial charge in [-0.2, -0.15) is 0 Å². The van der Waals surface area contributed by atoms with E-state index in [1.807, 2.05) is 0 Å². The molecule has 44 heavy (non-hydrogen) atoms. The van der Waals surface area contributed by atoms with Gasteiger partial charge in [-0.15, -0.1) is 0 Å². The van der Waals surface area contributed by atoms with Crippen LogP contribution in [0.25, 0.3) is 0 Å². The van der Waals surface area contributed by atoms with Crippen molar-refractivity contribution in [3.8, 4) is 0 Å². The minimum Gasteiger partial charge on any atom is -0.465 e. The number of nitrogens with one attached hydrogen (secondary N) is 1. The van der Waals surface area contributed by atoms with Gasteiger partial charge in [-0.05, 0) is 0 Å². The second-order valence-electron chi connectivity index (χ2n) is 9.40. The van der Waals surface area contributed by atoms with Crippen molar-refractivity contribution in [1.29, 1.82) is 5.41 Å². The number of aliphatic hydroxyl groups is 2. The number of aliphatic hydroxyl groups excluding tert-OH is 2. The first-order valence-corrected chi connectivity index (χ1v) is 13.9. The molecule has 0 amide bonds. The van der Waals surface area contributed by atoms with Crippen LogP contribution in [0.3, 0.4) is 0 Å². The molecule has 3 N–H and O–H groups in total. The molecule has 0 aliphatic carbocycles. The summed E-state index contributed by atoms with van der Waals surface area (Å²) in [6, 6.07) is 0. The third-order valence-electron chi connectivity index (χ3n) is 5.84. The van der Waals surface area contributed by atoms with E-state index in [0.717, 1.165) is 34.6 Å². The number of rotatable bonds is 10. The molecule has 0 saturated carbocycles. The Morgan fingerprint density at radius 1 is 0.682 bits per heavy atom. The van der Waals surface area contributed by atoms with Gasteiger partial charge in [0.2, 0.25) is 5.90 Å². The van der Waals surface area contributed by atoms with Gasteiger partial charge in [0, 0.05) is 34.6 Å². The zero-order valence-corrected chi connectivity index (χ0v) is 26.2. The van der Waals surface area contributed by atoms with Crippen LogP contribution in [-0.4, -0.2) is 124 Å². The van der Waals surface area contributed by atoms with E-state index in [9.17, 15) is 34.2 Å². The van der Waals surface area contributed by atoms with Gasteiger partial charge in [0.05, 0.1) is 6.61 Å². The summed E-state index contributed by atoms with van der Waals surface area (Å²) in [6.07, 6.45) is -16.8. The standard InChI is InChI=1S/C24H32Cl3NO16/c1-8(30)36-7-14-16(37-9(2)31)18(39-11(4)33)20(44-23(28)24(25,26)27)22(42-14)43-15-13(6-29)41-21(35)19(40-12(5)34)17(15)38-10(3)32/h13-22,28-29,35H,6-7H2,1-5H3/t13-,14-,15-,16+,17+,18+,19-,20-,21-,22+/m1/s1. The fourth-order valence-corrected chi connectivity index (χ4v) is 4.45. The first-order valence-electron chi connectivity index (χ1n) is 12.8. The second kappa shape index (κ2) is 16.2. The van der Waals surface area contributed by atoms with Crippen LogP contribution in [0.4, 0.5) is 0 Å². The molecule has 0 spiro atoms. The molecular weight excluding hydrogens is 665 g/mol. The van der Waals surface area contributed by atoms with E-state index in [1.54, 1.807) is 0 Å². The molecule has 2 aliphatic heterocycles. The highest BCUT2D eigenvalue weighted by atomic mass is 35.6. The lowest BCUT2D eigenvalue weighted by atomic mass is 9.96. The molecule has 0 aromatic carbocycles. The second-order valence-corrected chi connectivity index (χ2v) is 11.7. The molecule has 0 bridgehead atoms. The molecule has 2 saturated heterocycles. The molecule has 0 aromatic rings. The maximum atomic E-state index is 12.2.